The van der Waals surface area contributed by atoms with Crippen LogP contribution in [0.1, 0.15) is 30.9 Å². The van der Waals surface area contributed by atoms with Crippen LogP contribution in [0.3, 0.4) is 0 Å². The fraction of sp³-hybridized carbons (Fsp3) is 0.185. The number of rotatable bonds is 8. The minimum absolute atomic E-state index is 0.0192. The second-order valence-electron chi connectivity index (χ2n) is 8.72. The van der Waals surface area contributed by atoms with Gasteiger partial charge in [0.25, 0.3) is 5.91 Å². The molecule has 0 unspecified atom stereocenters. The van der Waals surface area contributed by atoms with E-state index in [0.29, 0.717) is 41.0 Å². The highest BCUT2D eigenvalue weighted by Crippen LogP contribution is 2.32. The first-order valence-corrected chi connectivity index (χ1v) is 13.3. The maximum Gasteiger partial charge on any atom is 0.273 e. The molecule has 1 amide bonds. The Morgan fingerprint density at radius 2 is 1.76 bits per heavy atom. The molecular weight excluding hydrogens is 490 g/mol. The lowest BCUT2D eigenvalue weighted by molar-refractivity contribution is -0.187. The zero-order chi connectivity index (χ0) is 26.6. The summed E-state index contributed by atoms with van der Waals surface area (Å²) in [4.78, 5) is 23.8. The average Bonchev–Trinajstić information content (AvgIpc) is 3.04. The third-order valence-corrected chi connectivity index (χ3v) is 6.70. The molecule has 1 heterocycles. The summed E-state index contributed by atoms with van der Waals surface area (Å²) < 4.78 is 23.5. The Balaban J connectivity index is 1.61. The topological polar surface area (TPSA) is 154 Å². The summed E-state index contributed by atoms with van der Waals surface area (Å²) in [6.07, 6.45) is 2.64. The van der Waals surface area contributed by atoms with Crippen molar-refractivity contribution in [3.63, 3.8) is 0 Å². The number of amides is 1. The molecule has 9 nitrogen and oxygen atoms in total. The fourth-order valence-electron chi connectivity index (χ4n) is 3.91. The van der Waals surface area contributed by atoms with Crippen LogP contribution in [0, 0.1) is 0 Å². The first-order chi connectivity index (χ1) is 17.6. The summed E-state index contributed by atoms with van der Waals surface area (Å²) in [7, 11) is -3.84. The summed E-state index contributed by atoms with van der Waals surface area (Å²) in [6.45, 7) is 2.60. The van der Waals surface area contributed by atoms with Crippen molar-refractivity contribution in [1.82, 2.24) is 5.06 Å². The van der Waals surface area contributed by atoms with E-state index in [4.69, 9.17) is 21.4 Å². The Morgan fingerprint density at radius 1 is 1.03 bits per heavy atom. The zero-order valence-electron chi connectivity index (χ0n) is 20.4. The molecule has 0 spiro atoms. The number of sulfonamides is 1. The van der Waals surface area contributed by atoms with Crippen LogP contribution in [0.4, 0.5) is 11.4 Å². The Morgan fingerprint density at radius 3 is 2.46 bits per heavy atom. The van der Waals surface area contributed by atoms with Gasteiger partial charge in [-0.15, -0.1) is 0 Å². The summed E-state index contributed by atoms with van der Waals surface area (Å²) in [5, 5.41) is 6.63. The van der Waals surface area contributed by atoms with Crippen molar-refractivity contribution in [3.05, 3.63) is 83.4 Å². The van der Waals surface area contributed by atoms with Crippen LogP contribution in [0.2, 0.25) is 0 Å². The summed E-state index contributed by atoms with van der Waals surface area (Å²) in [6, 6.07) is 19.1. The van der Waals surface area contributed by atoms with E-state index in [1.165, 1.54) is 17.2 Å². The molecule has 3 aromatic rings. The van der Waals surface area contributed by atoms with E-state index in [-0.39, 0.29) is 29.7 Å². The van der Waals surface area contributed by atoms with Crippen molar-refractivity contribution in [2.75, 3.05) is 12.3 Å². The van der Waals surface area contributed by atoms with Gasteiger partial charge in [-0.1, -0.05) is 43.3 Å². The number of hydroxylamine groups is 2. The molecule has 0 fully saturated rings. The van der Waals surface area contributed by atoms with Crippen LogP contribution in [0.15, 0.2) is 82.2 Å². The molecule has 37 heavy (non-hydrogen) atoms. The van der Waals surface area contributed by atoms with Gasteiger partial charge in [-0.25, -0.2) is 23.6 Å². The minimum Gasteiger partial charge on any atom is -0.399 e. The second-order valence-corrected chi connectivity index (χ2v) is 10.3. The number of benzene rings is 3. The first kappa shape index (κ1) is 26.1. The van der Waals surface area contributed by atoms with Crippen LogP contribution in [-0.2, 0) is 26.3 Å². The van der Waals surface area contributed by atoms with Gasteiger partial charge < -0.3 is 11.5 Å². The Bertz CT molecular complexity index is 1480. The van der Waals surface area contributed by atoms with Gasteiger partial charge in [-0.3, -0.25) is 9.63 Å². The van der Waals surface area contributed by atoms with Crippen LogP contribution >= 0.6 is 0 Å². The molecule has 1 aliphatic rings. The lowest BCUT2D eigenvalue weighted by atomic mass is 10.0. The predicted octanol–water partition coefficient (Wildman–Crippen LogP) is 3.73. The number of aliphatic imine (C=N–C) groups is 1. The van der Waals surface area contributed by atoms with Gasteiger partial charge in [0.1, 0.15) is 12.4 Å². The van der Waals surface area contributed by atoms with E-state index in [1.54, 1.807) is 36.4 Å². The first-order valence-electron chi connectivity index (χ1n) is 11.7. The average molecular weight is 520 g/mol. The highest BCUT2D eigenvalue weighted by molar-refractivity contribution is 7.89. The molecule has 0 saturated heterocycles. The largest absolute Gasteiger partial charge is 0.399 e. The number of nitrogen functional groups attached to an aromatic ring is 1. The van der Waals surface area contributed by atoms with E-state index in [2.05, 4.69) is 4.99 Å². The Labute approximate surface area is 216 Å². The summed E-state index contributed by atoms with van der Waals surface area (Å²) >= 11 is 0. The molecule has 0 radical (unpaired) electrons. The van der Waals surface area contributed by atoms with Gasteiger partial charge in [0, 0.05) is 29.8 Å². The van der Waals surface area contributed by atoms with Crippen molar-refractivity contribution in [3.8, 4) is 11.1 Å². The minimum atomic E-state index is -3.84. The molecule has 10 heteroatoms. The predicted molar refractivity (Wildman–Crippen MR) is 145 cm³/mol. The van der Waals surface area contributed by atoms with Crippen molar-refractivity contribution in [2.24, 2.45) is 15.9 Å². The molecule has 0 aliphatic carbocycles. The molecule has 1 aliphatic heterocycles. The third kappa shape index (κ3) is 6.42. The van der Waals surface area contributed by atoms with E-state index in [1.807, 2.05) is 31.2 Å². The normalized spacial score (nSPS) is 13.2. The molecule has 0 aromatic heterocycles. The number of anilines is 1. The smallest absolute Gasteiger partial charge is 0.273 e. The second kappa shape index (κ2) is 11.0. The molecule has 0 saturated carbocycles. The number of fused-ring (bicyclic) bond motifs is 1. The third-order valence-electron chi connectivity index (χ3n) is 5.79. The molecule has 0 atom stereocenters. The van der Waals surface area contributed by atoms with Crippen LogP contribution in [0.25, 0.3) is 17.2 Å². The van der Waals surface area contributed by atoms with Gasteiger partial charge in [0.15, 0.2) is 0 Å². The van der Waals surface area contributed by atoms with Crippen molar-refractivity contribution in [1.29, 1.82) is 0 Å². The number of amidine groups is 1. The molecule has 6 N–H and O–H groups in total. The van der Waals surface area contributed by atoms with Gasteiger partial charge >= 0.3 is 0 Å². The Kier molecular flexibility index (Phi) is 7.72. The quantitative estimate of drug-likeness (QED) is 0.304. The lowest BCUT2D eigenvalue weighted by Gasteiger charge is -2.22. The SMILES string of the molecule is CCCN(OCc1ccc(N)cc1)C(=O)C1=Cc2ccc(-c3cccc(S(N)(=O)=O)c3)cc2N=C(N)C1. The number of hydrogen-bond donors (Lipinski definition) is 3. The molecule has 4 rings (SSSR count). The van der Waals surface area contributed by atoms with Gasteiger partial charge in [0.2, 0.25) is 10.0 Å². The number of nitrogens with two attached hydrogens (primary N) is 3. The number of carbonyl (C=O) groups is 1. The maximum atomic E-state index is 13.4. The number of primary sulfonamides is 1. The van der Waals surface area contributed by atoms with Gasteiger partial charge in [-0.2, -0.15) is 0 Å². The zero-order valence-corrected chi connectivity index (χ0v) is 21.2. The highest BCUT2D eigenvalue weighted by atomic mass is 32.2. The van der Waals surface area contributed by atoms with E-state index >= 15 is 0 Å². The molecule has 0 bridgehead atoms. The van der Waals surface area contributed by atoms with Crippen molar-refractivity contribution in [2.45, 2.75) is 31.3 Å². The lowest BCUT2D eigenvalue weighted by Crippen LogP contribution is -2.34. The van der Waals surface area contributed by atoms with Gasteiger partial charge in [-0.05, 0) is 59.5 Å². The van der Waals surface area contributed by atoms with Crippen LogP contribution in [0.5, 0.6) is 0 Å². The fourth-order valence-corrected chi connectivity index (χ4v) is 4.47. The molecule has 3 aromatic carbocycles. The van der Waals surface area contributed by atoms with Crippen molar-refractivity contribution >= 4 is 39.2 Å². The number of carbonyl (C=O) groups excluding carboxylic acids is 1. The number of nitrogens with zero attached hydrogens (tertiary/aromatic N) is 2. The van der Waals surface area contributed by atoms with Crippen molar-refractivity contribution < 1.29 is 18.0 Å². The Hall–Kier alpha value is -3.99. The highest BCUT2D eigenvalue weighted by Gasteiger charge is 2.22. The van der Waals surface area contributed by atoms with Crippen LogP contribution < -0.4 is 16.6 Å². The van der Waals surface area contributed by atoms with E-state index in [9.17, 15) is 13.2 Å². The standard InChI is InChI=1S/C27H29N5O4S/c1-2-12-32(36-17-18-6-10-23(28)11-7-18)27(33)22-13-21-9-8-20(15-25(21)31-26(29)16-22)19-4-3-5-24(14-19)37(30,34)35/h3-11,13-15H,2,12,16-17,28H2,1H3,(H2,29,31)(H2,30,34,35). The summed E-state index contributed by atoms with van der Waals surface area (Å²) in [5.41, 5.74) is 16.6. The van der Waals surface area contributed by atoms with E-state index in [0.717, 1.165) is 11.1 Å². The summed E-state index contributed by atoms with van der Waals surface area (Å²) in [5.74, 6) is -0.00278. The molecule has 192 valence electrons. The maximum absolute atomic E-state index is 13.4. The van der Waals surface area contributed by atoms with Gasteiger partial charge in [0.05, 0.1) is 10.6 Å². The number of hydrogen-bond acceptors (Lipinski definition) is 7. The monoisotopic (exact) mass is 519 g/mol. The van der Waals surface area contributed by atoms with Crippen LogP contribution in [-0.4, -0.2) is 31.8 Å². The molecular formula is C27H29N5O4S. The van der Waals surface area contributed by atoms with E-state index < -0.39 is 10.0 Å².